The van der Waals surface area contributed by atoms with E-state index in [9.17, 15) is 0 Å². The first-order valence-electron chi connectivity index (χ1n) is 28.2. The summed E-state index contributed by atoms with van der Waals surface area (Å²) in [5, 5.41) is 10.1. The van der Waals surface area contributed by atoms with Gasteiger partial charge in [-0.2, -0.15) is 0 Å². The second-order valence-electron chi connectivity index (χ2n) is 21.7. The van der Waals surface area contributed by atoms with E-state index in [0.717, 1.165) is 22.7 Å². The third-order valence-electron chi connectivity index (χ3n) is 17.1. The molecule has 0 radical (unpaired) electrons. The summed E-state index contributed by atoms with van der Waals surface area (Å²) in [6.45, 7) is 0. The SMILES string of the molecule is c1ccc(-n2c3ccccc3c3cc4c5ccccc5n(-c5cccc(-c6cccc(-c7cccc(-c8cccc(-c9cccc(-n%10c%11ccccc%11c%11c%12c%13ccccc%13n(-c%13ccccc%13)c%12ccc%11%10)c9)c8)c7)c6)c5)c4cc32)cc1. The molecule has 0 atom stereocenters. The van der Waals surface area contributed by atoms with Crippen molar-refractivity contribution in [3.63, 3.8) is 0 Å². The summed E-state index contributed by atoms with van der Waals surface area (Å²) in [7, 11) is 0. The third kappa shape index (κ3) is 7.11. The molecule has 82 heavy (non-hydrogen) atoms. The molecule has 4 heteroatoms. The van der Waals surface area contributed by atoms with Gasteiger partial charge in [-0.05, 0) is 160 Å². The highest BCUT2D eigenvalue weighted by Crippen LogP contribution is 2.44. The Labute approximate surface area is 473 Å². The van der Waals surface area contributed by atoms with E-state index in [0.29, 0.717) is 0 Å². The van der Waals surface area contributed by atoms with Crippen molar-refractivity contribution in [2.75, 3.05) is 0 Å². The fraction of sp³-hybridized carbons (Fsp3) is 0. The van der Waals surface area contributed by atoms with Crippen LogP contribution in [0.1, 0.15) is 0 Å². The van der Waals surface area contributed by atoms with Gasteiger partial charge in [0.15, 0.2) is 0 Å². The Balaban J connectivity index is 0.720. The van der Waals surface area contributed by atoms with Crippen LogP contribution < -0.4 is 0 Å². The van der Waals surface area contributed by atoms with Gasteiger partial charge in [0.25, 0.3) is 0 Å². The minimum atomic E-state index is 1.13. The second kappa shape index (κ2) is 18.3. The minimum Gasteiger partial charge on any atom is -0.309 e. The molecule has 13 aromatic carbocycles. The molecule has 4 nitrogen and oxygen atoms in total. The maximum Gasteiger partial charge on any atom is 0.0562 e. The largest absolute Gasteiger partial charge is 0.309 e. The molecular weight excluding hydrogens is 993 g/mol. The van der Waals surface area contributed by atoms with Crippen LogP contribution in [0.5, 0.6) is 0 Å². The molecule has 0 N–H and O–H groups in total. The van der Waals surface area contributed by atoms with Gasteiger partial charge in [0, 0.05) is 65.8 Å². The van der Waals surface area contributed by atoms with Crippen LogP contribution >= 0.6 is 0 Å². The molecule has 17 aromatic rings. The van der Waals surface area contributed by atoms with E-state index in [1.54, 1.807) is 0 Å². The predicted octanol–water partition coefficient (Wildman–Crippen LogP) is 20.7. The van der Waals surface area contributed by atoms with Gasteiger partial charge in [-0.15, -0.1) is 0 Å². The monoisotopic (exact) mass is 1040 g/mol. The second-order valence-corrected chi connectivity index (χ2v) is 21.7. The number of rotatable bonds is 8. The first-order valence-corrected chi connectivity index (χ1v) is 28.2. The number of benzene rings is 13. The highest BCUT2D eigenvalue weighted by atomic mass is 15.0. The minimum absolute atomic E-state index is 1.13. The number of hydrogen-bond acceptors (Lipinski definition) is 0. The molecule has 0 saturated heterocycles. The zero-order valence-corrected chi connectivity index (χ0v) is 44.7. The molecule has 0 aliphatic heterocycles. The molecule has 4 heterocycles. The highest BCUT2D eigenvalue weighted by Gasteiger charge is 2.22. The Kier molecular flexibility index (Phi) is 10.3. The van der Waals surface area contributed by atoms with E-state index in [-0.39, 0.29) is 0 Å². The van der Waals surface area contributed by atoms with Crippen molar-refractivity contribution in [2.24, 2.45) is 0 Å². The average Bonchev–Trinajstić information content (AvgIpc) is 2.74. The van der Waals surface area contributed by atoms with Gasteiger partial charge in [-0.3, -0.25) is 0 Å². The molecule has 0 fully saturated rings. The van der Waals surface area contributed by atoms with Crippen molar-refractivity contribution in [3.05, 3.63) is 303 Å². The summed E-state index contributed by atoms with van der Waals surface area (Å²) < 4.78 is 9.72. The van der Waals surface area contributed by atoms with E-state index >= 15 is 0 Å². The lowest BCUT2D eigenvalue weighted by Gasteiger charge is -2.13. The van der Waals surface area contributed by atoms with Crippen LogP contribution in [0.15, 0.2) is 303 Å². The van der Waals surface area contributed by atoms with Gasteiger partial charge in [-0.1, -0.05) is 188 Å². The van der Waals surface area contributed by atoms with Crippen LogP contribution in [-0.4, -0.2) is 18.3 Å². The molecule has 382 valence electrons. The summed E-state index contributed by atoms with van der Waals surface area (Å²) in [6, 6.07) is 111. The standard InChI is InChI=1S/C78H50N4/c1-3-28-59(29-4-1)79-71-40-13-9-36-65(71)77-73(79)42-43-74-78(77)66-37-10-14-41-72(66)81(74)61-32-18-26-57(47-61)55-24-16-22-53(45-55)51-20-15-21-52(44-51)54-23-17-25-56(46-54)58-27-19-33-62(48-58)82-70-39-12-8-35-64(70)68-49-67-63-34-7-11-38-69(63)80(75(67)50-76(68)82)60-30-5-2-6-31-60/h1-50H. The molecule has 0 amide bonds. The molecule has 0 spiro atoms. The summed E-state index contributed by atoms with van der Waals surface area (Å²) in [5.41, 5.74) is 23.5. The summed E-state index contributed by atoms with van der Waals surface area (Å²) in [4.78, 5) is 0. The molecule has 0 unspecified atom stereocenters. The lowest BCUT2D eigenvalue weighted by molar-refractivity contribution is 1.16. The van der Waals surface area contributed by atoms with E-state index in [1.165, 1.54) is 132 Å². The van der Waals surface area contributed by atoms with E-state index in [1.807, 2.05) is 0 Å². The van der Waals surface area contributed by atoms with Gasteiger partial charge in [0.05, 0.1) is 44.1 Å². The molecule has 0 bridgehead atoms. The topological polar surface area (TPSA) is 19.7 Å². The molecule has 0 aliphatic rings. The first-order chi connectivity index (χ1) is 40.7. The van der Waals surface area contributed by atoms with Crippen molar-refractivity contribution in [1.82, 2.24) is 18.3 Å². The quantitative estimate of drug-likeness (QED) is 0.145. The van der Waals surface area contributed by atoms with Gasteiger partial charge in [-0.25, -0.2) is 0 Å². The first kappa shape index (κ1) is 46.0. The van der Waals surface area contributed by atoms with Gasteiger partial charge < -0.3 is 18.3 Å². The lowest BCUT2D eigenvalue weighted by Crippen LogP contribution is -1.96. The Morgan fingerprint density at radius 2 is 0.427 bits per heavy atom. The van der Waals surface area contributed by atoms with Crippen molar-refractivity contribution < 1.29 is 0 Å². The lowest BCUT2D eigenvalue weighted by atomic mass is 9.94. The maximum atomic E-state index is 2.45. The fourth-order valence-corrected chi connectivity index (χ4v) is 13.5. The number of hydrogen-bond donors (Lipinski definition) is 0. The zero-order valence-electron chi connectivity index (χ0n) is 44.7. The average molecular weight is 1040 g/mol. The van der Waals surface area contributed by atoms with Gasteiger partial charge in [0.2, 0.25) is 0 Å². The van der Waals surface area contributed by atoms with Gasteiger partial charge in [0.1, 0.15) is 0 Å². The Morgan fingerprint density at radius 3 is 0.829 bits per heavy atom. The van der Waals surface area contributed by atoms with E-state index in [4.69, 9.17) is 0 Å². The van der Waals surface area contributed by atoms with Crippen molar-refractivity contribution in [3.8, 4) is 67.3 Å². The molecule has 17 rings (SSSR count). The Hall–Kier alpha value is -10.9. The predicted molar refractivity (Wildman–Crippen MR) is 346 cm³/mol. The molecular formula is C78H50N4. The number of para-hydroxylation sites is 6. The van der Waals surface area contributed by atoms with Crippen molar-refractivity contribution >= 4 is 87.2 Å². The zero-order chi connectivity index (χ0) is 53.8. The van der Waals surface area contributed by atoms with E-state index < -0.39 is 0 Å². The molecule has 4 aromatic heterocycles. The Bertz CT molecular complexity index is 5400. The summed E-state index contributed by atoms with van der Waals surface area (Å²) in [6.07, 6.45) is 0. The number of nitrogens with zero attached hydrogens (tertiary/aromatic N) is 4. The number of fused-ring (bicyclic) bond motifs is 13. The van der Waals surface area contributed by atoms with Crippen LogP contribution in [0, 0.1) is 0 Å². The van der Waals surface area contributed by atoms with Crippen molar-refractivity contribution in [2.45, 2.75) is 0 Å². The van der Waals surface area contributed by atoms with Crippen LogP contribution in [0.4, 0.5) is 0 Å². The van der Waals surface area contributed by atoms with Crippen molar-refractivity contribution in [1.29, 1.82) is 0 Å². The van der Waals surface area contributed by atoms with Crippen LogP contribution in [0.3, 0.4) is 0 Å². The van der Waals surface area contributed by atoms with Crippen LogP contribution in [0.2, 0.25) is 0 Å². The van der Waals surface area contributed by atoms with Gasteiger partial charge >= 0.3 is 0 Å². The number of aromatic nitrogens is 4. The smallest absolute Gasteiger partial charge is 0.0562 e. The fourth-order valence-electron chi connectivity index (χ4n) is 13.5. The normalized spacial score (nSPS) is 11.9. The summed E-state index contributed by atoms with van der Waals surface area (Å²) >= 11 is 0. The molecule has 0 saturated carbocycles. The Morgan fingerprint density at radius 1 is 0.146 bits per heavy atom. The van der Waals surface area contributed by atoms with Crippen LogP contribution in [-0.2, 0) is 0 Å². The van der Waals surface area contributed by atoms with Crippen LogP contribution in [0.25, 0.3) is 154 Å². The molecule has 0 aliphatic carbocycles. The van der Waals surface area contributed by atoms with E-state index in [2.05, 4.69) is 322 Å². The maximum absolute atomic E-state index is 2.45. The summed E-state index contributed by atoms with van der Waals surface area (Å²) in [5.74, 6) is 0. The third-order valence-corrected chi connectivity index (χ3v) is 17.1. The highest BCUT2D eigenvalue weighted by molar-refractivity contribution is 6.29.